The minimum atomic E-state index is 0.435. The van der Waals surface area contributed by atoms with Crippen LogP contribution in [0.1, 0.15) is 30.5 Å². The molecule has 15 heavy (non-hydrogen) atoms. The van der Waals surface area contributed by atoms with Crippen molar-refractivity contribution < 1.29 is 0 Å². The van der Waals surface area contributed by atoms with E-state index in [4.69, 9.17) is 0 Å². The van der Waals surface area contributed by atoms with Crippen LogP contribution in [0.5, 0.6) is 0 Å². The second kappa shape index (κ2) is 4.93. The maximum absolute atomic E-state index is 4.63. The van der Waals surface area contributed by atoms with Crippen LogP contribution in [0.3, 0.4) is 0 Å². The second-order valence-electron chi connectivity index (χ2n) is 4.34. The van der Waals surface area contributed by atoms with Crippen LogP contribution in [0.4, 0.5) is 5.69 Å². The molecule has 0 aromatic heterocycles. The molecule has 1 aromatic carbocycles. The first-order valence-electron chi connectivity index (χ1n) is 5.23. The maximum Gasteiger partial charge on any atom is 0.0862 e. The average molecular weight is 268 g/mol. The number of halogens is 1. The summed E-state index contributed by atoms with van der Waals surface area (Å²) in [6.45, 7) is 10.6. The molecule has 0 heterocycles. The molecule has 0 bridgehead atoms. The summed E-state index contributed by atoms with van der Waals surface area (Å²) < 4.78 is 1.01. The average Bonchev–Trinajstić information content (AvgIpc) is 2.10. The van der Waals surface area contributed by atoms with Crippen molar-refractivity contribution in [2.45, 2.75) is 34.6 Å². The molecule has 1 aromatic rings. The fraction of sp³-hybridized carbons (Fsp3) is 0.462. The molecule has 1 rings (SSSR count). The summed E-state index contributed by atoms with van der Waals surface area (Å²) in [4.78, 5) is 4.63. The van der Waals surface area contributed by atoms with Crippen LogP contribution in [0.2, 0.25) is 0 Å². The zero-order chi connectivity index (χ0) is 11.6. The zero-order valence-corrected chi connectivity index (χ0v) is 11.6. The van der Waals surface area contributed by atoms with E-state index in [1.165, 1.54) is 16.7 Å². The smallest absolute Gasteiger partial charge is 0.0862 e. The molecule has 0 saturated carbocycles. The number of nitrogens with zero attached hydrogens (tertiary/aromatic N) is 1. The number of rotatable bonds is 2. The van der Waals surface area contributed by atoms with Gasteiger partial charge in [0.05, 0.1) is 10.3 Å². The molecule has 0 fully saturated rings. The van der Waals surface area contributed by atoms with Gasteiger partial charge in [0.1, 0.15) is 0 Å². The van der Waals surface area contributed by atoms with E-state index < -0.39 is 0 Å². The Morgan fingerprint density at radius 3 is 2.00 bits per heavy atom. The highest BCUT2D eigenvalue weighted by molar-refractivity contribution is 9.18. The Labute approximate surface area is 101 Å². The van der Waals surface area contributed by atoms with Crippen molar-refractivity contribution in [2.24, 2.45) is 10.9 Å². The second-order valence-corrected chi connectivity index (χ2v) is 5.15. The molecular weight excluding hydrogens is 250 g/mol. The lowest BCUT2D eigenvalue weighted by Gasteiger charge is -2.09. The Bertz CT molecular complexity index is 369. The normalized spacial score (nSPS) is 12.3. The Kier molecular flexibility index (Phi) is 4.09. The molecule has 0 aliphatic rings. The van der Waals surface area contributed by atoms with Crippen molar-refractivity contribution in [3.05, 3.63) is 28.8 Å². The molecule has 0 unspecified atom stereocenters. The van der Waals surface area contributed by atoms with Gasteiger partial charge in [-0.25, -0.2) is 4.99 Å². The van der Waals surface area contributed by atoms with E-state index in [0.29, 0.717) is 5.92 Å². The molecule has 0 atom stereocenters. The minimum absolute atomic E-state index is 0.435. The lowest BCUT2D eigenvalue weighted by atomic mass is 10.1. The summed E-state index contributed by atoms with van der Waals surface area (Å²) in [5, 5.41) is 0. The van der Waals surface area contributed by atoms with E-state index in [1.54, 1.807) is 0 Å². The third kappa shape index (κ3) is 3.16. The van der Waals surface area contributed by atoms with Crippen LogP contribution in [0, 0.1) is 26.7 Å². The fourth-order valence-electron chi connectivity index (χ4n) is 1.58. The third-order valence-corrected chi connectivity index (χ3v) is 3.42. The van der Waals surface area contributed by atoms with Crippen molar-refractivity contribution in [1.82, 2.24) is 0 Å². The number of aryl methyl sites for hydroxylation is 3. The molecule has 1 nitrogen and oxygen atoms in total. The van der Waals surface area contributed by atoms with Gasteiger partial charge >= 0.3 is 0 Å². The molecule has 0 saturated heterocycles. The Morgan fingerprint density at radius 2 is 1.60 bits per heavy atom. The number of aliphatic imine (C=N–C) groups is 1. The van der Waals surface area contributed by atoms with Crippen molar-refractivity contribution in [1.29, 1.82) is 0 Å². The monoisotopic (exact) mass is 267 g/mol. The van der Waals surface area contributed by atoms with E-state index in [0.717, 1.165) is 10.3 Å². The number of hydrogen-bond donors (Lipinski definition) is 0. The largest absolute Gasteiger partial charge is 0.245 e. The van der Waals surface area contributed by atoms with Crippen LogP contribution in [-0.4, -0.2) is 4.62 Å². The summed E-state index contributed by atoms with van der Waals surface area (Å²) in [6.07, 6.45) is 0. The summed E-state index contributed by atoms with van der Waals surface area (Å²) in [5.41, 5.74) is 4.88. The van der Waals surface area contributed by atoms with Gasteiger partial charge in [-0.05, 0) is 47.8 Å². The van der Waals surface area contributed by atoms with Crippen molar-refractivity contribution in [3.63, 3.8) is 0 Å². The highest BCUT2D eigenvalue weighted by atomic mass is 79.9. The van der Waals surface area contributed by atoms with Gasteiger partial charge in [0.15, 0.2) is 0 Å². The van der Waals surface area contributed by atoms with Gasteiger partial charge in [0.25, 0.3) is 0 Å². The lowest BCUT2D eigenvalue weighted by molar-refractivity contribution is 0.902. The van der Waals surface area contributed by atoms with Crippen LogP contribution >= 0.6 is 15.9 Å². The highest BCUT2D eigenvalue weighted by Crippen LogP contribution is 2.26. The predicted molar refractivity (Wildman–Crippen MR) is 71.5 cm³/mol. The molecule has 0 aliphatic heterocycles. The molecule has 82 valence electrons. The van der Waals surface area contributed by atoms with E-state index in [1.807, 2.05) is 0 Å². The third-order valence-electron chi connectivity index (χ3n) is 2.33. The molecule has 0 aliphatic carbocycles. The summed E-state index contributed by atoms with van der Waals surface area (Å²) >= 11 is 3.52. The van der Waals surface area contributed by atoms with Crippen molar-refractivity contribution >= 4 is 26.2 Å². The van der Waals surface area contributed by atoms with Gasteiger partial charge < -0.3 is 0 Å². The molecular formula is C13H18BrN. The van der Waals surface area contributed by atoms with Crippen LogP contribution < -0.4 is 0 Å². The van der Waals surface area contributed by atoms with Crippen molar-refractivity contribution in [3.8, 4) is 0 Å². The van der Waals surface area contributed by atoms with Crippen LogP contribution in [-0.2, 0) is 0 Å². The van der Waals surface area contributed by atoms with Gasteiger partial charge in [-0.3, -0.25) is 0 Å². The summed E-state index contributed by atoms with van der Waals surface area (Å²) in [7, 11) is 0. The van der Waals surface area contributed by atoms with Gasteiger partial charge in [0, 0.05) is 5.92 Å². The van der Waals surface area contributed by atoms with Crippen LogP contribution in [0.25, 0.3) is 0 Å². The SMILES string of the molecule is Cc1cc(C)c(N=C(Br)C(C)C)c(C)c1. The maximum atomic E-state index is 4.63. The fourth-order valence-corrected chi connectivity index (χ4v) is 1.76. The zero-order valence-electron chi connectivity index (χ0n) is 10.1. The molecule has 0 amide bonds. The van der Waals surface area contributed by atoms with Gasteiger partial charge in [-0.1, -0.05) is 31.5 Å². The topological polar surface area (TPSA) is 12.4 Å². The summed E-state index contributed by atoms with van der Waals surface area (Å²) in [6, 6.07) is 4.35. The quantitative estimate of drug-likeness (QED) is 0.690. The predicted octanol–water partition coefficient (Wildman–Crippen LogP) is 4.69. The number of benzene rings is 1. The van der Waals surface area contributed by atoms with E-state index >= 15 is 0 Å². The Balaban J connectivity index is 3.21. The van der Waals surface area contributed by atoms with Gasteiger partial charge in [-0.2, -0.15) is 0 Å². The van der Waals surface area contributed by atoms with E-state index in [2.05, 4.69) is 67.7 Å². The first kappa shape index (κ1) is 12.4. The first-order chi connectivity index (χ1) is 6.91. The molecule has 0 spiro atoms. The standard InChI is InChI=1S/C13H18BrN/c1-8(2)13(14)15-12-10(4)6-9(3)7-11(12)5/h6-8H,1-5H3. The Morgan fingerprint density at radius 1 is 1.13 bits per heavy atom. The summed E-state index contributed by atoms with van der Waals surface area (Å²) in [5.74, 6) is 0.435. The van der Waals surface area contributed by atoms with Crippen molar-refractivity contribution in [2.75, 3.05) is 0 Å². The molecule has 0 N–H and O–H groups in total. The molecule has 2 heteroatoms. The van der Waals surface area contributed by atoms with Gasteiger partial charge in [0.2, 0.25) is 0 Å². The van der Waals surface area contributed by atoms with Gasteiger partial charge in [-0.15, -0.1) is 0 Å². The first-order valence-corrected chi connectivity index (χ1v) is 6.03. The van der Waals surface area contributed by atoms with Crippen LogP contribution in [0.15, 0.2) is 17.1 Å². The van der Waals surface area contributed by atoms with E-state index in [9.17, 15) is 0 Å². The van der Waals surface area contributed by atoms with E-state index in [-0.39, 0.29) is 0 Å². The highest BCUT2D eigenvalue weighted by Gasteiger charge is 2.05. The number of hydrogen-bond acceptors (Lipinski definition) is 1. The lowest BCUT2D eigenvalue weighted by Crippen LogP contribution is -1.97. The molecule has 0 radical (unpaired) electrons. The Hall–Kier alpha value is -0.630. The minimum Gasteiger partial charge on any atom is -0.245 e.